The molecule has 1 atom stereocenters. The molecule has 2 aliphatic rings. The summed E-state index contributed by atoms with van der Waals surface area (Å²) in [5.74, 6) is 0.506. The summed E-state index contributed by atoms with van der Waals surface area (Å²) in [5.41, 5.74) is 12.1. The number of nitrogens with zero attached hydrogens (tertiary/aromatic N) is 5. The van der Waals surface area contributed by atoms with E-state index in [1.165, 1.54) is 18.4 Å². The summed E-state index contributed by atoms with van der Waals surface area (Å²) in [4.78, 5) is 34.8. The Hall–Kier alpha value is -4.54. The third-order valence-electron chi connectivity index (χ3n) is 9.08. The van der Waals surface area contributed by atoms with Crippen LogP contribution < -0.4 is 11.1 Å². The van der Waals surface area contributed by atoms with Gasteiger partial charge < -0.3 is 26.0 Å². The molecule has 2 fully saturated rings. The topological polar surface area (TPSA) is 130 Å². The molecule has 4 N–H and O–H groups in total. The van der Waals surface area contributed by atoms with E-state index in [0.29, 0.717) is 36.6 Å². The molecular weight excluding hydrogens is 566 g/mol. The molecule has 10 heteroatoms. The molecule has 2 aromatic heterocycles. The van der Waals surface area contributed by atoms with Gasteiger partial charge >= 0.3 is 0 Å². The third-order valence-corrected chi connectivity index (χ3v) is 9.08. The molecule has 0 aliphatic carbocycles. The minimum atomic E-state index is -0.302. The number of carbonyl (C=O) groups is 2. The summed E-state index contributed by atoms with van der Waals surface area (Å²) in [6, 6.07) is 18.1. The van der Waals surface area contributed by atoms with Crippen LogP contribution in [0.5, 0.6) is 0 Å². The number of pyridine rings is 1. The van der Waals surface area contributed by atoms with Gasteiger partial charge in [-0.2, -0.15) is 5.10 Å². The van der Waals surface area contributed by atoms with Gasteiger partial charge in [0.1, 0.15) is 5.82 Å². The maximum atomic E-state index is 13.3. The lowest BCUT2D eigenvalue weighted by Gasteiger charge is -2.31. The van der Waals surface area contributed by atoms with Crippen molar-refractivity contribution in [1.29, 1.82) is 0 Å². The van der Waals surface area contributed by atoms with E-state index in [4.69, 9.17) is 10.8 Å². The van der Waals surface area contributed by atoms with E-state index >= 15 is 0 Å². The van der Waals surface area contributed by atoms with Crippen molar-refractivity contribution in [1.82, 2.24) is 29.9 Å². The number of amides is 2. The number of nitrogens with two attached hydrogens (primary N) is 1. The van der Waals surface area contributed by atoms with Crippen molar-refractivity contribution in [2.75, 3.05) is 45.1 Å². The SMILES string of the molecule is Cn1cc(-c2cnc(N)c(C(=O)N[C@@H]3CCN(C(=O)c4ccc(-c5ccc(CC6CCN(CCO)CC6)cc5)cc4)C3)c2)cn1. The van der Waals surface area contributed by atoms with Gasteiger partial charge in [-0.05, 0) is 79.6 Å². The molecule has 0 radical (unpaired) electrons. The number of anilines is 1. The first-order valence-electron chi connectivity index (χ1n) is 15.7. The van der Waals surface area contributed by atoms with Crippen LogP contribution in [0.3, 0.4) is 0 Å². The Labute approximate surface area is 263 Å². The van der Waals surface area contributed by atoms with Crippen molar-refractivity contribution in [3.05, 3.63) is 89.9 Å². The fourth-order valence-corrected chi connectivity index (χ4v) is 6.42. The minimum Gasteiger partial charge on any atom is -0.395 e. The number of benzene rings is 2. The van der Waals surface area contributed by atoms with Crippen molar-refractivity contribution in [2.24, 2.45) is 13.0 Å². The largest absolute Gasteiger partial charge is 0.395 e. The van der Waals surface area contributed by atoms with Crippen LogP contribution in [0.2, 0.25) is 0 Å². The monoisotopic (exact) mass is 607 g/mol. The van der Waals surface area contributed by atoms with Gasteiger partial charge in [-0.3, -0.25) is 14.3 Å². The lowest BCUT2D eigenvalue weighted by atomic mass is 9.89. The van der Waals surface area contributed by atoms with Gasteiger partial charge in [0.05, 0.1) is 18.4 Å². The number of nitrogens with one attached hydrogen (secondary N) is 1. The van der Waals surface area contributed by atoms with Crippen LogP contribution in [0.1, 0.15) is 45.5 Å². The van der Waals surface area contributed by atoms with Gasteiger partial charge in [-0.25, -0.2) is 4.98 Å². The van der Waals surface area contributed by atoms with Crippen molar-refractivity contribution < 1.29 is 14.7 Å². The Morgan fingerprint density at radius 3 is 2.31 bits per heavy atom. The summed E-state index contributed by atoms with van der Waals surface area (Å²) < 4.78 is 1.69. The second kappa shape index (κ2) is 13.6. The Balaban J connectivity index is 1.01. The number of β-amino-alcohol motifs (C(OH)–C–C–N with tert-alkyl or cyclic N) is 1. The fourth-order valence-electron chi connectivity index (χ4n) is 6.42. The van der Waals surface area contributed by atoms with E-state index in [2.05, 4.69) is 44.6 Å². The second-order valence-corrected chi connectivity index (χ2v) is 12.3. The van der Waals surface area contributed by atoms with Crippen molar-refractivity contribution in [2.45, 2.75) is 31.7 Å². The molecular formula is C35H41N7O3. The van der Waals surface area contributed by atoms with E-state index in [1.54, 1.807) is 28.0 Å². The number of hydrogen-bond acceptors (Lipinski definition) is 7. The van der Waals surface area contributed by atoms with Gasteiger partial charge in [0.2, 0.25) is 0 Å². The van der Waals surface area contributed by atoms with Crippen LogP contribution in [0.4, 0.5) is 5.82 Å². The first kappa shape index (κ1) is 30.5. The highest BCUT2D eigenvalue weighted by molar-refractivity contribution is 6.00. The first-order chi connectivity index (χ1) is 21.9. The lowest BCUT2D eigenvalue weighted by Crippen LogP contribution is -2.38. The highest BCUT2D eigenvalue weighted by Crippen LogP contribution is 2.26. The molecule has 6 rings (SSSR count). The number of aryl methyl sites for hydroxylation is 1. The first-order valence-corrected chi connectivity index (χ1v) is 15.7. The summed E-state index contributed by atoms with van der Waals surface area (Å²) in [6.07, 6.45) is 9.30. The van der Waals surface area contributed by atoms with Crippen molar-refractivity contribution >= 4 is 17.6 Å². The van der Waals surface area contributed by atoms with Gasteiger partial charge in [0.15, 0.2) is 0 Å². The molecule has 0 saturated carbocycles. The van der Waals surface area contributed by atoms with Crippen molar-refractivity contribution in [3.8, 4) is 22.3 Å². The zero-order valence-electron chi connectivity index (χ0n) is 25.7. The average Bonchev–Trinajstić information content (AvgIpc) is 3.71. The molecule has 0 unspecified atom stereocenters. The minimum absolute atomic E-state index is 0.0431. The zero-order chi connectivity index (χ0) is 31.3. The third kappa shape index (κ3) is 7.24. The summed E-state index contributed by atoms with van der Waals surface area (Å²) in [5, 5.41) is 16.4. The van der Waals surface area contributed by atoms with E-state index in [0.717, 1.165) is 48.3 Å². The molecule has 4 aromatic rings. The quantitative estimate of drug-likeness (QED) is 0.265. The highest BCUT2D eigenvalue weighted by Gasteiger charge is 2.29. The Morgan fingerprint density at radius 2 is 1.64 bits per heavy atom. The summed E-state index contributed by atoms with van der Waals surface area (Å²) >= 11 is 0. The van der Waals surface area contributed by atoms with E-state index < -0.39 is 0 Å². The highest BCUT2D eigenvalue weighted by atomic mass is 16.3. The number of aliphatic hydroxyl groups is 1. The Bertz CT molecular complexity index is 1630. The van der Waals surface area contributed by atoms with E-state index in [-0.39, 0.29) is 30.3 Å². The second-order valence-electron chi connectivity index (χ2n) is 12.3. The van der Waals surface area contributed by atoms with Crippen molar-refractivity contribution in [3.63, 3.8) is 0 Å². The number of hydrogen-bond donors (Lipinski definition) is 3. The fraction of sp³-hybridized carbons (Fsp3) is 0.371. The molecule has 2 amide bonds. The molecule has 234 valence electrons. The van der Waals surface area contributed by atoms with E-state index in [9.17, 15) is 9.59 Å². The summed E-state index contributed by atoms with van der Waals surface area (Å²) in [7, 11) is 1.83. The van der Waals surface area contributed by atoms with Crippen LogP contribution >= 0.6 is 0 Å². The summed E-state index contributed by atoms with van der Waals surface area (Å²) in [6.45, 7) is 4.14. The van der Waals surface area contributed by atoms with Gasteiger partial charge in [0, 0.05) is 61.8 Å². The Kier molecular flexibility index (Phi) is 9.23. The molecule has 2 aliphatic heterocycles. The normalized spacial score (nSPS) is 17.5. The average molecular weight is 608 g/mol. The van der Waals surface area contributed by atoms with Gasteiger partial charge in [-0.15, -0.1) is 0 Å². The van der Waals surface area contributed by atoms with Crippen LogP contribution in [-0.4, -0.2) is 86.9 Å². The predicted octanol–water partition coefficient (Wildman–Crippen LogP) is 3.62. The lowest BCUT2D eigenvalue weighted by molar-refractivity contribution is 0.0783. The van der Waals surface area contributed by atoms with Gasteiger partial charge in [-0.1, -0.05) is 36.4 Å². The van der Waals surface area contributed by atoms with Gasteiger partial charge in [0.25, 0.3) is 11.8 Å². The molecule has 4 heterocycles. The zero-order valence-corrected chi connectivity index (χ0v) is 25.7. The maximum absolute atomic E-state index is 13.3. The molecule has 0 spiro atoms. The van der Waals surface area contributed by atoms with Crippen LogP contribution in [0.15, 0.2) is 73.2 Å². The molecule has 10 nitrogen and oxygen atoms in total. The molecule has 2 aromatic carbocycles. The van der Waals surface area contributed by atoms with E-state index in [1.807, 2.05) is 37.5 Å². The number of nitrogen functional groups attached to an aromatic ring is 1. The number of piperidine rings is 1. The predicted molar refractivity (Wildman–Crippen MR) is 174 cm³/mol. The number of rotatable bonds is 9. The Morgan fingerprint density at radius 1 is 0.933 bits per heavy atom. The number of likely N-dealkylation sites (tertiary alicyclic amines) is 2. The number of carbonyl (C=O) groups excluding carboxylic acids is 2. The standard InChI is InChI=1S/C35H41N7O3/c1-40-22-30(21-38-40)29-19-32(33(36)37-20-29)34(44)39-31-12-15-42(23-31)35(45)28-8-6-27(7-9-28)26-4-2-24(3-5-26)18-25-10-13-41(14-11-25)16-17-43/h2-9,19-22,25,31,43H,10-18,23H2,1H3,(H2,36,37)(H,39,44)/t31-/m1/s1. The van der Waals surface area contributed by atoms with Crippen LogP contribution in [-0.2, 0) is 13.5 Å². The maximum Gasteiger partial charge on any atom is 0.255 e. The van der Waals surface area contributed by atoms with Crippen LogP contribution in [0.25, 0.3) is 22.3 Å². The number of aromatic nitrogens is 3. The smallest absolute Gasteiger partial charge is 0.255 e. The molecule has 45 heavy (non-hydrogen) atoms. The molecule has 2 saturated heterocycles. The number of aliphatic hydroxyl groups excluding tert-OH is 1. The van der Waals surface area contributed by atoms with Crippen LogP contribution in [0, 0.1) is 5.92 Å². The molecule has 0 bridgehead atoms.